The molecule has 1 saturated heterocycles. The predicted molar refractivity (Wildman–Crippen MR) is 101 cm³/mol. The van der Waals surface area contributed by atoms with Gasteiger partial charge in [0.05, 0.1) is 17.1 Å². The lowest BCUT2D eigenvalue weighted by Crippen LogP contribution is -2.42. The van der Waals surface area contributed by atoms with Gasteiger partial charge in [-0.05, 0) is 45.7 Å². The van der Waals surface area contributed by atoms with Gasteiger partial charge in [-0.25, -0.2) is 14.8 Å². The van der Waals surface area contributed by atoms with Crippen molar-refractivity contribution in [3.05, 3.63) is 24.3 Å². The molecular formula is C19H26N4O3. The number of carbonyl (C=O) groups is 1. The van der Waals surface area contributed by atoms with E-state index in [0.29, 0.717) is 24.8 Å². The average Bonchev–Trinajstić information content (AvgIpc) is 3.06. The van der Waals surface area contributed by atoms with Crippen LogP contribution in [0.4, 0.5) is 10.6 Å². The average molecular weight is 358 g/mol. The molecule has 0 aliphatic carbocycles. The normalized spacial score (nSPS) is 17.4. The predicted octanol–water partition coefficient (Wildman–Crippen LogP) is 3.45. The van der Waals surface area contributed by atoms with Crippen LogP contribution in [0.15, 0.2) is 24.3 Å². The van der Waals surface area contributed by atoms with Gasteiger partial charge in [0, 0.05) is 13.6 Å². The molecule has 26 heavy (non-hydrogen) atoms. The highest BCUT2D eigenvalue weighted by molar-refractivity contribution is 5.77. The Hall–Kier alpha value is -2.57. The molecule has 0 radical (unpaired) electrons. The van der Waals surface area contributed by atoms with E-state index in [4.69, 9.17) is 9.47 Å². The van der Waals surface area contributed by atoms with Crippen LogP contribution in [-0.4, -0.2) is 52.8 Å². The van der Waals surface area contributed by atoms with E-state index in [2.05, 4.69) is 15.3 Å². The minimum Gasteiger partial charge on any atom is -0.473 e. The second-order valence-corrected chi connectivity index (χ2v) is 7.40. The van der Waals surface area contributed by atoms with Gasteiger partial charge in [0.15, 0.2) is 5.82 Å². The largest absolute Gasteiger partial charge is 0.473 e. The summed E-state index contributed by atoms with van der Waals surface area (Å²) in [6.07, 6.45) is 1.53. The second kappa shape index (κ2) is 7.35. The van der Waals surface area contributed by atoms with Crippen molar-refractivity contribution in [1.29, 1.82) is 0 Å². The maximum Gasteiger partial charge on any atom is 0.410 e. The number of benzene rings is 1. The van der Waals surface area contributed by atoms with Crippen molar-refractivity contribution in [2.75, 3.05) is 25.5 Å². The van der Waals surface area contributed by atoms with Crippen LogP contribution < -0.4 is 10.1 Å². The molecule has 2 aromatic rings. The molecule has 1 N–H and O–H groups in total. The Balaban J connectivity index is 1.71. The number of rotatable bonds is 4. The van der Waals surface area contributed by atoms with Crippen LogP contribution in [0.5, 0.6) is 5.88 Å². The number of aromatic nitrogens is 2. The van der Waals surface area contributed by atoms with E-state index >= 15 is 0 Å². The smallest absolute Gasteiger partial charge is 0.410 e. The van der Waals surface area contributed by atoms with Crippen LogP contribution in [0.3, 0.4) is 0 Å². The highest BCUT2D eigenvalue weighted by Gasteiger charge is 2.32. The molecule has 1 aromatic carbocycles. The fraction of sp³-hybridized carbons (Fsp3) is 0.526. The molecular weight excluding hydrogens is 332 g/mol. The van der Waals surface area contributed by atoms with E-state index in [1.807, 2.05) is 45.0 Å². The molecule has 1 aromatic heterocycles. The third-order valence-electron chi connectivity index (χ3n) is 4.19. The summed E-state index contributed by atoms with van der Waals surface area (Å²) in [4.78, 5) is 23.2. The van der Waals surface area contributed by atoms with E-state index in [1.165, 1.54) is 0 Å². The van der Waals surface area contributed by atoms with E-state index < -0.39 is 5.60 Å². The first-order chi connectivity index (χ1) is 12.4. The Morgan fingerprint density at radius 2 is 1.96 bits per heavy atom. The zero-order valence-electron chi connectivity index (χ0n) is 15.8. The van der Waals surface area contributed by atoms with Crippen molar-refractivity contribution in [2.45, 2.75) is 45.3 Å². The van der Waals surface area contributed by atoms with Crippen molar-refractivity contribution in [2.24, 2.45) is 0 Å². The van der Waals surface area contributed by atoms with E-state index in [9.17, 15) is 4.79 Å². The third-order valence-corrected chi connectivity index (χ3v) is 4.19. The Morgan fingerprint density at radius 1 is 1.27 bits per heavy atom. The summed E-state index contributed by atoms with van der Waals surface area (Å²) >= 11 is 0. The second-order valence-electron chi connectivity index (χ2n) is 7.40. The molecule has 1 aliphatic rings. The number of fused-ring (bicyclic) bond motifs is 1. The van der Waals surface area contributed by atoms with Crippen LogP contribution >= 0.6 is 0 Å². The molecule has 2 heterocycles. The molecule has 1 aliphatic heterocycles. The summed E-state index contributed by atoms with van der Waals surface area (Å²) in [5.74, 6) is 1.03. The number of nitrogens with one attached hydrogen (secondary N) is 1. The lowest BCUT2D eigenvalue weighted by molar-refractivity contribution is 0.0186. The van der Waals surface area contributed by atoms with Crippen LogP contribution in [0.2, 0.25) is 0 Å². The monoisotopic (exact) mass is 358 g/mol. The highest BCUT2D eigenvalue weighted by Crippen LogP contribution is 2.25. The van der Waals surface area contributed by atoms with Gasteiger partial charge in [-0.15, -0.1) is 0 Å². The Kier molecular flexibility index (Phi) is 5.15. The quantitative estimate of drug-likeness (QED) is 0.902. The third kappa shape index (κ3) is 4.15. The van der Waals surface area contributed by atoms with Gasteiger partial charge < -0.3 is 19.7 Å². The summed E-state index contributed by atoms with van der Waals surface area (Å²) in [6.45, 7) is 6.66. The molecule has 1 atom stereocenters. The number of nitrogens with zero attached hydrogens (tertiary/aromatic N) is 3. The Labute approximate surface area is 153 Å². The SMILES string of the molecule is CNc1nc2ccccc2nc1OC[C@H]1CCCN1C(=O)OC(C)(C)C. The maximum absolute atomic E-state index is 12.4. The van der Waals surface area contributed by atoms with Crippen LogP contribution in [0.25, 0.3) is 11.0 Å². The lowest BCUT2D eigenvalue weighted by Gasteiger charge is -2.28. The molecule has 7 nitrogen and oxygen atoms in total. The lowest BCUT2D eigenvalue weighted by atomic mass is 10.2. The molecule has 0 spiro atoms. The summed E-state index contributed by atoms with van der Waals surface area (Å²) in [5.41, 5.74) is 1.08. The van der Waals surface area contributed by atoms with Crippen molar-refractivity contribution in [1.82, 2.24) is 14.9 Å². The minimum absolute atomic E-state index is 0.0252. The molecule has 1 fully saturated rings. The summed E-state index contributed by atoms with van der Waals surface area (Å²) in [6, 6.07) is 7.63. The van der Waals surface area contributed by atoms with Gasteiger partial charge in [-0.3, -0.25) is 0 Å². The van der Waals surface area contributed by atoms with Gasteiger partial charge in [0.2, 0.25) is 0 Å². The number of likely N-dealkylation sites (tertiary alicyclic amines) is 1. The van der Waals surface area contributed by atoms with E-state index in [1.54, 1.807) is 11.9 Å². The van der Waals surface area contributed by atoms with Crippen LogP contribution in [0, 0.1) is 0 Å². The molecule has 0 bridgehead atoms. The van der Waals surface area contributed by atoms with Gasteiger partial charge in [0.25, 0.3) is 5.88 Å². The topological polar surface area (TPSA) is 76.6 Å². The zero-order valence-corrected chi connectivity index (χ0v) is 15.8. The summed E-state index contributed by atoms with van der Waals surface area (Å²) in [7, 11) is 1.79. The zero-order chi connectivity index (χ0) is 18.7. The van der Waals surface area contributed by atoms with Gasteiger partial charge >= 0.3 is 6.09 Å². The summed E-state index contributed by atoms with van der Waals surface area (Å²) in [5, 5.41) is 3.02. The van der Waals surface area contributed by atoms with E-state index in [0.717, 1.165) is 23.9 Å². The molecule has 140 valence electrons. The highest BCUT2D eigenvalue weighted by atomic mass is 16.6. The van der Waals surface area contributed by atoms with Gasteiger partial charge in [-0.1, -0.05) is 12.1 Å². The first-order valence-corrected chi connectivity index (χ1v) is 8.94. The van der Waals surface area contributed by atoms with Gasteiger partial charge in [-0.2, -0.15) is 0 Å². The minimum atomic E-state index is -0.506. The number of ether oxygens (including phenoxy) is 2. The number of anilines is 1. The number of hydrogen-bond acceptors (Lipinski definition) is 6. The maximum atomic E-state index is 12.4. The number of carbonyl (C=O) groups excluding carboxylic acids is 1. The van der Waals surface area contributed by atoms with E-state index in [-0.39, 0.29) is 12.1 Å². The molecule has 3 rings (SSSR count). The van der Waals surface area contributed by atoms with Crippen molar-refractivity contribution >= 4 is 22.9 Å². The van der Waals surface area contributed by atoms with Crippen LogP contribution in [-0.2, 0) is 4.74 Å². The standard InChI is InChI=1S/C19H26N4O3/c1-19(2,3)26-18(24)23-11-7-8-13(23)12-25-17-16(20-4)21-14-9-5-6-10-15(14)22-17/h5-6,9-10,13H,7-8,11-12H2,1-4H3,(H,20,21)/t13-/m1/s1. The van der Waals surface area contributed by atoms with Crippen LogP contribution in [0.1, 0.15) is 33.6 Å². The fourth-order valence-corrected chi connectivity index (χ4v) is 2.99. The molecule has 0 saturated carbocycles. The molecule has 7 heteroatoms. The summed E-state index contributed by atoms with van der Waals surface area (Å²) < 4.78 is 11.4. The number of amides is 1. The van der Waals surface area contributed by atoms with Gasteiger partial charge in [0.1, 0.15) is 12.2 Å². The first-order valence-electron chi connectivity index (χ1n) is 8.94. The van der Waals surface area contributed by atoms with Crippen molar-refractivity contribution < 1.29 is 14.3 Å². The number of hydrogen-bond donors (Lipinski definition) is 1. The fourth-order valence-electron chi connectivity index (χ4n) is 2.99. The Morgan fingerprint density at radius 3 is 2.62 bits per heavy atom. The Bertz CT molecular complexity index is 788. The molecule has 0 unspecified atom stereocenters. The molecule has 1 amide bonds. The van der Waals surface area contributed by atoms with Crippen molar-refractivity contribution in [3.63, 3.8) is 0 Å². The first kappa shape index (κ1) is 18.2. The van der Waals surface area contributed by atoms with Crippen molar-refractivity contribution in [3.8, 4) is 5.88 Å². The number of para-hydroxylation sites is 2.